The number of fused-ring (bicyclic) bond motifs is 6. The molecule has 0 saturated carbocycles. The number of para-hydroxylation sites is 1. The summed E-state index contributed by atoms with van der Waals surface area (Å²) in [6.45, 7) is 0.664. The van der Waals surface area contributed by atoms with Crippen molar-refractivity contribution in [1.29, 1.82) is 5.41 Å². The van der Waals surface area contributed by atoms with Gasteiger partial charge in [0.1, 0.15) is 22.3 Å². The number of nitrogens with zero attached hydrogens (tertiary/aromatic N) is 1. The predicted octanol–water partition coefficient (Wildman–Crippen LogP) is 10.1. The van der Waals surface area contributed by atoms with E-state index in [-0.39, 0.29) is 0 Å². The Hall–Kier alpha value is -5.81. The van der Waals surface area contributed by atoms with Gasteiger partial charge in [0.25, 0.3) is 0 Å². The van der Waals surface area contributed by atoms with E-state index in [0.29, 0.717) is 12.2 Å². The number of hydrogen-bond acceptors (Lipinski definition) is 5. The second kappa shape index (κ2) is 9.93. The summed E-state index contributed by atoms with van der Waals surface area (Å²) in [6, 6.07) is 43.3. The molecule has 2 heterocycles. The standard InChI is InChI=1S/C38H27N3O2/c39-22-25-10-16-34(33(40)18-25)41(23-24-6-2-1-3-7-24)28-14-11-26(12-15-28)27-13-17-36-30(19-27)32-21-37-31(20-38(32)43-36)29-8-4-5-9-35(29)42-37/h1-22,39H,23,40H2. The van der Waals surface area contributed by atoms with Gasteiger partial charge >= 0.3 is 0 Å². The van der Waals surface area contributed by atoms with Crippen molar-refractivity contribution >= 4 is 67.2 Å². The van der Waals surface area contributed by atoms with Gasteiger partial charge in [-0.05, 0) is 76.9 Å². The van der Waals surface area contributed by atoms with Crippen molar-refractivity contribution in [1.82, 2.24) is 0 Å². The van der Waals surface area contributed by atoms with Crippen molar-refractivity contribution in [2.24, 2.45) is 0 Å². The molecule has 206 valence electrons. The van der Waals surface area contributed by atoms with Gasteiger partial charge in [-0.3, -0.25) is 0 Å². The van der Waals surface area contributed by atoms with Crippen LogP contribution in [0.25, 0.3) is 55.0 Å². The highest BCUT2D eigenvalue weighted by molar-refractivity contribution is 6.15. The van der Waals surface area contributed by atoms with Crippen LogP contribution in [0, 0.1) is 5.41 Å². The molecule has 0 fully saturated rings. The number of nitrogens with one attached hydrogen (secondary N) is 1. The van der Waals surface area contributed by atoms with Gasteiger partial charge in [-0.2, -0.15) is 0 Å². The molecule has 0 aliphatic heterocycles. The number of benzene rings is 6. The molecule has 0 amide bonds. The summed E-state index contributed by atoms with van der Waals surface area (Å²) in [4.78, 5) is 2.22. The van der Waals surface area contributed by atoms with Crippen LogP contribution in [-0.2, 0) is 6.54 Å². The number of furan rings is 2. The molecule has 2 aromatic heterocycles. The summed E-state index contributed by atoms with van der Waals surface area (Å²) in [5, 5.41) is 11.9. The average Bonchev–Trinajstić information content (AvgIpc) is 3.60. The molecule has 5 nitrogen and oxygen atoms in total. The molecule has 0 spiro atoms. The van der Waals surface area contributed by atoms with Crippen LogP contribution >= 0.6 is 0 Å². The quantitative estimate of drug-likeness (QED) is 0.157. The molecule has 8 aromatic rings. The van der Waals surface area contributed by atoms with Crippen LogP contribution in [0.3, 0.4) is 0 Å². The highest BCUT2D eigenvalue weighted by Crippen LogP contribution is 2.39. The Kier molecular flexibility index (Phi) is 5.76. The summed E-state index contributed by atoms with van der Waals surface area (Å²) in [5.41, 5.74) is 16.7. The number of nitrogen functional groups attached to an aromatic ring is 1. The third-order valence-corrected chi connectivity index (χ3v) is 8.17. The van der Waals surface area contributed by atoms with Gasteiger partial charge in [0, 0.05) is 40.0 Å². The van der Waals surface area contributed by atoms with E-state index in [2.05, 4.69) is 71.6 Å². The lowest BCUT2D eigenvalue weighted by molar-refractivity contribution is 0.664. The fourth-order valence-corrected chi connectivity index (χ4v) is 6.00. The molecule has 0 aliphatic rings. The molecular weight excluding hydrogens is 530 g/mol. The average molecular weight is 558 g/mol. The van der Waals surface area contributed by atoms with Gasteiger partial charge in [-0.25, -0.2) is 0 Å². The molecular formula is C38H27N3O2. The van der Waals surface area contributed by atoms with Gasteiger partial charge in [-0.1, -0.05) is 72.8 Å². The Morgan fingerprint density at radius 1 is 0.581 bits per heavy atom. The lowest BCUT2D eigenvalue weighted by atomic mass is 10.0. The van der Waals surface area contributed by atoms with Crippen LogP contribution in [0.1, 0.15) is 11.1 Å². The second-order valence-electron chi connectivity index (χ2n) is 10.8. The summed E-state index contributed by atoms with van der Waals surface area (Å²) >= 11 is 0. The van der Waals surface area contributed by atoms with Gasteiger partial charge in [0.2, 0.25) is 0 Å². The molecule has 0 atom stereocenters. The number of rotatable bonds is 6. The van der Waals surface area contributed by atoms with Crippen LogP contribution < -0.4 is 10.6 Å². The van der Waals surface area contributed by atoms with Gasteiger partial charge in [0.05, 0.1) is 11.4 Å². The molecule has 0 aliphatic carbocycles. The van der Waals surface area contributed by atoms with E-state index in [4.69, 9.17) is 20.0 Å². The number of nitrogens with two attached hydrogens (primary N) is 1. The summed E-state index contributed by atoms with van der Waals surface area (Å²) in [5.74, 6) is 0. The van der Waals surface area contributed by atoms with Crippen LogP contribution in [0.4, 0.5) is 17.1 Å². The highest BCUT2D eigenvalue weighted by atomic mass is 16.3. The van der Waals surface area contributed by atoms with Crippen molar-refractivity contribution < 1.29 is 8.83 Å². The summed E-state index contributed by atoms with van der Waals surface area (Å²) in [6.07, 6.45) is 1.32. The largest absolute Gasteiger partial charge is 0.456 e. The van der Waals surface area contributed by atoms with E-state index in [0.717, 1.165) is 71.9 Å². The van der Waals surface area contributed by atoms with E-state index in [9.17, 15) is 0 Å². The van der Waals surface area contributed by atoms with E-state index < -0.39 is 0 Å². The van der Waals surface area contributed by atoms with Crippen molar-refractivity contribution in [3.63, 3.8) is 0 Å². The molecule has 8 rings (SSSR count). The van der Waals surface area contributed by atoms with E-state index in [1.54, 1.807) is 0 Å². The predicted molar refractivity (Wildman–Crippen MR) is 177 cm³/mol. The fourth-order valence-electron chi connectivity index (χ4n) is 6.00. The molecule has 0 saturated heterocycles. The van der Waals surface area contributed by atoms with Crippen molar-refractivity contribution in [2.75, 3.05) is 10.6 Å². The van der Waals surface area contributed by atoms with Crippen LogP contribution in [-0.4, -0.2) is 6.21 Å². The maximum Gasteiger partial charge on any atom is 0.136 e. The number of anilines is 3. The molecule has 0 bridgehead atoms. The minimum absolute atomic E-state index is 0.636. The second-order valence-corrected chi connectivity index (χ2v) is 10.8. The number of hydrogen-bond donors (Lipinski definition) is 2. The Morgan fingerprint density at radius 3 is 1.98 bits per heavy atom. The van der Waals surface area contributed by atoms with Gasteiger partial charge in [0.15, 0.2) is 0 Å². The first-order valence-corrected chi connectivity index (χ1v) is 14.2. The molecule has 5 heteroatoms. The van der Waals surface area contributed by atoms with Crippen LogP contribution in [0.15, 0.2) is 136 Å². The first-order valence-electron chi connectivity index (χ1n) is 14.2. The molecule has 6 aromatic carbocycles. The zero-order valence-corrected chi connectivity index (χ0v) is 23.2. The Morgan fingerprint density at radius 2 is 1.23 bits per heavy atom. The summed E-state index contributed by atoms with van der Waals surface area (Å²) < 4.78 is 12.4. The fraction of sp³-hybridized carbons (Fsp3) is 0.0263. The van der Waals surface area contributed by atoms with Crippen LogP contribution in [0.2, 0.25) is 0 Å². The minimum atomic E-state index is 0.636. The lowest BCUT2D eigenvalue weighted by Gasteiger charge is -2.27. The van der Waals surface area contributed by atoms with E-state index in [1.165, 1.54) is 11.8 Å². The monoisotopic (exact) mass is 557 g/mol. The molecule has 43 heavy (non-hydrogen) atoms. The molecule has 0 radical (unpaired) electrons. The topological polar surface area (TPSA) is 79.4 Å². The lowest BCUT2D eigenvalue weighted by Crippen LogP contribution is -2.18. The third kappa shape index (κ3) is 4.30. The van der Waals surface area contributed by atoms with E-state index in [1.807, 2.05) is 60.7 Å². The Bertz CT molecular complexity index is 2300. The first kappa shape index (κ1) is 24.9. The van der Waals surface area contributed by atoms with Crippen LogP contribution in [0.5, 0.6) is 0 Å². The smallest absolute Gasteiger partial charge is 0.136 e. The zero-order valence-electron chi connectivity index (χ0n) is 23.2. The minimum Gasteiger partial charge on any atom is -0.456 e. The highest BCUT2D eigenvalue weighted by Gasteiger charge is 2.16. The SMILES string of the molecule is N=Cc1ccc(N(Cc2ccccc2)c2ccc(-c3ccc4oc5cc6c(cc5c4c3)oc3ccccc36)cc2)c(N)c1. The maximum atomic E-state index is 7.61. The summed E-state index contributed by atoms with van der Waals surface area (Å²) in [7, 11) is 0. The first-order chi connectivity index (χ1) is 21.1. The molecule has 0 unspecified atom stereocenters. The Labute approximate surface area is 247 Å². The Balaban J connectivity index is 1.18. The normalized spacial score (nSPS) is 11.5. The van der Waals surface area contributed by atoms with Crippen molar-refractivity contribution in [3.05, 3.63) is 139 Å². The van der Waals surface area contributed by atoms with Gasteiger partial charge < -0.3 is 24.9 Å². The van der Waals surface area contributed by atoms with Gasteiger partial charge in [-0.15, -0.1) is 0 Å². The van der Waals surface area contributed by atoms with Crippen molar-refractivity contribution in [2.45, 2.75) is 6.54 Å². The zero-order chi connectivity index (χ0) is 28.9. The van der Waals surface area contributed by atoms with E-state index >= 15 is 0 Å². The third-order valence-electron chi connectivity index (χ3n) is 8.17. The molecule has 3 N–H and O–H groups in total. The maximum absolute atomic E-state index is 7.61. The van der Waals surface area contributed by atoms with Crippen molar-refractivity contribution in [3.8, 4) is 11.1 Å².